The van der Waals surface area contributed by atoms with Crippen molar-refractivity contribution in [3.63, 3.8) is 0 Å². The number of hydrogen-bond acceptors (Lipinski definition) is 3. The standard InChI is InChI=1S/C8H7N3O/c12-7-5-9-8(10-6-7)11-3-1-2-4-11/h1-6,12H. The molecule has 2 rings (SSSR count). The highest BCUT2D eigenvalue weighted by Crippen LogP contribution is 2.05. The van der Waals surface area contributed by atoms with Gasteiger partial charge >= 0.3 is 0 Å². The molecule has 4 heteroatoms. The van der Waals surface area contributed by atoms with Gasteiger partial charge in [-0.05, 0) is 12.1 Å². The zero-order chi connectivity index (χ0) is 8.39. The third-order valence-corrected chi connectivity index (χ3v) is 1.46. The second kappa shape index (κ2) is 2.65. The predicted octanol–water partition coefficient (Wildman–Crippen LogP) is 0.973. The first-order valence-electron chi connectivity index (χ1n) is 3.50. The summed E-state index contributed by atoms with van der Waals surface area (Å²) in [6.07, 6.45) is 6.41. The molecule has 4 nitrogen and oxygen atoms in total. The zero-order valence-corrected chi connectivity index (χ0v) is 6.25. The third-order valence-electron chi connectivity index (χ3n) is 1.46. The van der Waals surface area contributed by atoms with E-state index in [0.29, 0.717) is 5.95 Å². The minimum absolute atomic E-state index is 0.0749. The Morgan fingerprint density at radius 2 is 1.67 bits per heavy atom. The molecular weight excluding hydrogens is 154 g/mol. The molecule has 0 bridgehead atoms. The number of aromatic hydroxyl groups is 1. The van der Waals surface area contributed by atoms with E-state index in [0.717, 1.165) is 0 Å². The van der Waals surface area contributed by atoms with Gasteiger partial charge in [0.2, 0.25) is 5.95 Å². The molecule has 0 unspecified atom stereocenters. The Kier molecular flexibility index (Phi) is 1.51. The van der Waals surface area contributed by atoms with Crippen LogP contribution in [0, 0.1) is 0 Å². The van der Waals surface area contributed by atoms with Gasteiger partial charge < -0.3 is 5.11 Å². The zero-order valence-electron chi connectivity index (χ0n) is 6.25. The van der Waals surface area contributed by atoms with E-state index in [-0.39, 0.29) is 5.75 Å². The summed E-state index contributed by atoms with van der Waals surface area (Å²) >= 11 is 0. The Morgan fingerprint density at radius 3 is 2.25 bits per heavy atom. The van der Waals surface area contributed by atoms with Crippen molar-refractivity contribution >= 4 is 0 Å². The molecule has 0 aliphatic carbocycles. The Morgan fingerprint density at radius 1 is 1.08 bits per heavy atom. The Bertz CT molecular complexity index is 352. The molecule has 0 spiro atoms. The van der Waals surface area contributed by atoms with Crippen LogP contribution in [0.1, 0.15) is 0 Å². The quantitative estimate of drug-likeness (QED) is 0.678. The molecule has 0 aliphatic heterocycles. The summed E-state index contributed by atoms with van der Waals surface area (Å²) in [6.45, 7) is 0. The summed E-state index contributed by atoms with van der Waals surface area (Å²) in [7, 11) is 0. The minimum Gasteiger partial charge on any atom is -0.505 e. The molecular formula is C8H7N3O. The van der Waals surface area contributed by atoms with E-state index in [1.807, 2.05) is 24.5 Å². The van der Waals surface area contributed by atoms with E-state index < -0.39 is 0 Å². The second-order valence-electron chi connectivity index (χ2n) is 2.33. The van der Waals surface area contributed by atoms with Gasteiger partial charge in [-0.3, -0.25) is 4.57 Å². The summed E-state index contributed by atoms with van der Waals surface area (Å²) < 4.78 is 1.76. The molecule has 0 amide bonds. The molecule has 0 aromatic carbocycles. The van der Waals surface area contributed by atoms with Crippen molar-refractivity contribution in [3.05, 3.63) is 36.9 Å². The van der Waals surface area contributed by atoms with Gasteiger partial charge in [-0.2, -0.15) is 0 Å². The lowest BCUT2D eigenvalue weighted by atomic mass is 10.6. The molecule has 0 radical (unpaired) electrons. The van der Waals surface area contributed by atoms with Crippen molar-refractivity contribution < 1.29 is 5.11 Å². The molecule has 2 aromatic heterocycles. The van der Waals surface area contributed by atoms with Crippen LogP contribution < -0.4 is 0 Å². The van der Waals surface area contributed by atoms with Gasteiger partial charge in [-0.1, -0.05) is 0 Å². The predicted molar refractivity (Wildman–Crippen MR) is 43.0 cm³/mol. The van der Waals surface area contributed by atoms with Gasteiger partial charge in [0.15, 0.2) is 5.75 Å². The average molecular weight is 161 g/mol. The molecule has 60 valence electrons. The summed E-state index contributed by atoms with van der Waals surface area (Å²) in [5.41, 5.74) is 0. The van der Waals surface area contributed by atoms with Gasteiger partial charge in [0.25, 0.3) is 0 Å². The Balaban J connectivity index is 2.43. The Labute approximate surface area is 69.1 Å². The molecule has 2 heterocycles. The first kappa shape index (κ1) is 6.84. The highest BCUT2D eigenvalue weighted by molar-refractivity contribution is 5.18. The van der Waals surface area contributed by atoms with Crippen LogP contribution in [0.15, 0.2) is 36.9 Å². The summed E-state index contributed by atoms with van der Waals surface area (Å²) in [5.74, 6) is 0.628. The van der Waals surface area contributed by atoms with E-state index in [9.17, 15) is 0 Å². The molecule has 0 atom stereocenters. The average Bonchev–Trinajstić information content (AvgIpc) is 2.58. The summed E-state index contributed by atoms with van der Waals surface area (Å²) in [5, 5.41) is 8.92. The largest absolute Gasteiger partial charge is 0.505 e. The lowest BCUT2D eigenvalue weighted by molar-refractivity contribution is 0.469. The first-order chi connectivity index (χ1) is 5.86. The number of nitrogens with zero attached hydrogens (tertiary/aromatic N) is 3. The van der Waals surface area contributed by atoms with Crippen molar-refractivity contribution in [1.82, 2.24) is 14.5 Å². The van der Waals surface area contributed by atoms with Crippen LogP contribution in [0.25, 0.3) is 5.95 Å². The maximum Gasteiger partial charge on any atom is 0.233 e. The lowest BCUT2D eigenvalue weighted by Gasteiger charge is -1.98. The molecule has 2 aromatic rings. The van der Waals surface area contributed by atoms with Crippen LogP contribution in [0.5, 0.6) is 5.75 Å². The van der Waals surface area contributed by atoms with Crippen LogP contribution in [0.3, 0.4) is 0 Å². The van der Waals surface area contributed by atoms with E-state index >= 15 is 0 Å². The fourth-order valence-electron chi connectivity index (χ4n) is 0.916. The van der Waals surface area contributed by atoms with Crippen molar-refractivity contribution in [2.75, 3.05) is 0 Å². The van der Waals surface area contributed by atoms with E-state index in [1.54, 1.807) is 4.57 Å². The normalized spacial score (nSPS) is 10.0. The second-order valence-corrected chi connectivity index (χ2v) is 2.33. The molecule has 0 saturated heterocycles. The summed E-state index contributed by atoms with van der Waals surface area (Å²) in [6, 6.07) is 3.77. The van der Waals surface area contributed by atoms with Gasteiger partial charge in [0.1, 0.15) is 0 Å². The van der Waals surface area contributed by atoms with E-state index in [2.05, 4.69) is 9.97 Å². The Hall–Kier alpha value is -1.84. The molecule has 0 saturated carbocycles. The first-order valence-corrected chi connectivity index (χ1v) is 3.50. The van der Waals surface area contributed by atoms with E-state index in [4.69, 9.17) is 5.11 Å². The van der Waals surface area contributed by atoms with Crippen LogP contribution in [-0.4, -0.2) is 19.6 Å². The van der Waals surface area contributed by atoms with Gasteiger partial charge in [0, 0.05) is 12.4 Å². The molecule has 0 fully saturated rings. The fraction of sp³-hybridized carbons (Fsp3) is 0. The van der Waals surface area contributed by atoms with E-state index in [1.165, 1.54) is 12.4 Å². The highest BCUT2D eigenvalue weighted by atomic mass is 16.3. The third kappa shape index (κ3) is 1.14. The highest BCUT2D eigenvalue weighted by Gasteiger charge is 1.96. The van der Waals surface area contributed by atoms with Gasteiger partial charge in [-0.25, -0.2) is 9.97 Å². The number of rotatable bonds is 1. The van der Waals surface area contributed by atoms with Crippen LogP contribution >= 0.6 is 0 Å². The number of hydrogen-bond donors (Lipinski definition) is 1. The SMILES string of the molecule is Oc1cnc(-n2cccc2)nc1. The van der Waals surface area contributed by atoms with Crippen molar-refractivity contribution in [3.8, 4) is 11.7 Å². The maximum absolute atomic E-state index is 8.92. The molecule has 0 aliphatic rings. The minimum atomic E-state index is 0.0749. The smallest absolute Gasteiger partial charge is 0.233 e. The van der Waals surface area contributed by atoms with Crippen molar-refractivity contribution in [2.24, 2.45) is 0 Å². The topological polar surface area (TPSA) is 50.9 Å². The fourth-order valence-corrected chi connectivity index (χ4v) is 0.916. The van der Waals surface area contributed by atoms with Crippen LogP contribution in [0.4, 0.5) is 0 Å². The van der Waals surface area contributed by atoms with Crippen molar-refractivity contribution in [1.29, 1.82) is 0 Å². The number of aromatic nitrogens is 3. The summed E-state index contributed by atoms with van der Waals surface area (Å²) in [4.78, 5) is 7.85. The molecule has 12 heavy (non-hydrogen) atoms. The van der Waals surface area contributed by atoms with Crippen LogP contribution in [-0.2, 0) is 0 Å². The maximum atomic E-state index is 8.92. The van der Waals surface area contributed by atoms with Gasteiger partial charge in [0.05, 0.1) is 12.4 Å². The lowest BCUT2D eigenvalue weighted by Crippen LogP contribution is -1.96. The van der Waals surface area contributed by atoms with Gasteiger partial charge in [-0.15, -0.1) is 0 Å². The van der Waals surface area contributed by atoms with Crippen molar-refractivity contribution in [2.45, 2.75) is 0 Å². The van der Waals surface area contributed by atoms with Crippen LogP contribution in [0.2, 0.25) is 0 Å². The monoisotopic (exact) mass is 161 g/mol. The molecule has 1 N–H and O–H groups in total.